The lowest BCUT2D eigenvalue weighted by Crippen LogP contribution is -2.19. The molecule has 0 amide bonds. The molecule has 0 aliphatic heterocycles. The van der Waals surface area contributed by atoms with Gasteiger partial charge in [-0.15, -0.1) is 0 Å². The summed E-state index contributed by atoms with van der Waals surface area (Å²) in [4.78, 5) is 0. The SMILES string of the molecule is OCCNCc1c(F)cccc1F. The Morgan fingerprint density at radius 1 is 1.23 bits per heavy atom. The highest BCUT2D eigenvalue weighted by Gasteiger charge is 2.06. The van der Waals surface area contributed by atoms with Crippen LogP contribution >= 0.6 is 0 Å². The molecule has 13 heavy (non-hydrogen) atoms. The third-order valence-electron chi connectivity index (χ3n) is 1.65. The smallest absolute Gasteiger partial charge is 0.130 e. The summed E-state index contributed by atoms with van der Waals surface area (Å²) in [5.41, 5.74) is 0.0101. The van der Waals surface area contributed by atoms with Crippen LogP contribution in [0.1, 0.15) is 5.56 Å². The van der Waals surface area contributed by atoms with E-state index in [2.05, 4.69) is 5.32 Å². The van der Waals surface area contributed by atoms with Crippen molar-refractivity contribution in [3.63, 3.8) is 0 Å². The van der Waals surface area contributed by atoms with E-state index in [4.69, 9.17) is 5.11 Å². The zero-order valence-electron chi connectivity index (χ0n) is 7.06. The van der Waals surface area contributed by atoms with Crippen molar-refractivity contribution in [2.24, 2.45) is 0 Å². The molecule has 0 bridgehead atoms. The van der Waals surface area contributed by atoms with Gasteiger partial charge in [-0.1, -0.05) is 6.07 Å². The maximum atomic E-state index is 12.9. The number of rotatable bonds is 4. The maximum Gasteiger partial charge on any atom is 0.130 e. The molecule has 1 rings (SSSR count). The van der Waals surface area contributed by atoms with E-state index in [1.807, 2.05) is 0 Å². The molecule has 0 aliphatic rings. The molecule has 0 unspecified atom stereocenters. The Kier molecular flexibility index (Phi) is 3.79. The average Bonchev–Trinajstić information content (AvgIpc) is 2.10. The first kappa shape index (κ1) is 10.1. The van der Waals surface area contributed by atoms with Gasteiger partial charge in [0.2, 0.25) is 0 Å². The van der Waals surface area contributed by atoms with E-state index in [0.717, 1.165) is 0 Å². The van der Waals surface area contributed by atoms with Crippen LogP contribution in [0.5, 0.6) is 0 Å². The standard InChI is InChI=1S/C9H11F2NO/c10-8-2-1-3-9(11)7(8)6-12-4-5-13/h1-3,12-13H,4-6H2. The van der Waals surface area contributed by atoms with Crippen molar-refractivity contribution >= 4 is 0 Å². The largest absolute Gasteiger partial charge is 0.395 e. The topological polar surface area (TPSA) is 32.3 Å². The van der Waals surface area contributed by atoms with Crippen molar-refractivity contribution in [3.8, 4) is 0 Å². The number of halogens is 2. The van der Waals surface area contributed by atoms with Gasteiger partial charge in [0.05, 0.1) is 6.61 Å². The Bertz CT molecular complexity index is 258. The average molecular weight is 187 g/mol. The molecule has 72 valence electrons. The van der Waals surface area contributed by atoms with E-state index in [9.17, 15) is 8.78 Å². The van der Waals surface area contributed by atoms with Crippen LogP contribution in [0.2, 0.25) is 0 Å². The van der Waals surface area contributed by atoms with E-state index in [-0.39, 0.29) is 18.7 Å². The Balaban J connectivity index is 2.64. The van der Waals surface area contributed by atoms with Gasteiger partial charge in [0.25, 0.3) is 0 Å². The predicted molar refractivity (Wildman–Crippen MR) is 45.2 cm³/mol. The fourth-order valence-corrected chi connectivity index (χ4v) is 0.994. The summed E-state index contributed by atoms with van der Waals surface area (Å²) < 4.78 is 25.9. The molecule has 0 aliphatic carbocycles. The molecule has 0 heterocycles. The second kappa shape index (κ2) is 4.89. The van der Waals surface area contributed by atoms with Crippen LogP contribution in [0.15, 0.2) is 18.2 Å². The highest BCUT2D eigenvalue weighted by molar-refractivity contribution is 5.19. The summed E-state index contributed by atoms with van der Waals surface area (Å²) in [5.74, 6) is -1.13. The number of nitrogens with one attached hydrogen (secondary N) is 1. The molecule has 1 aromatic rings. The molecule has 0 spiro atoms. The first-order valence-corrected chi connectivity index (χ1v) is 4.00. The minimum absolute atomic E-state index is 0.0101. The highest BCUT2D eigenvalue weighted by Crippen LogP contribution is 2.10. The van der Waals surface area contributed by atoms with Crippen molar-refractivity contribution in [2.75, 3.05) is 13.2 Å². The molecule has 0 fully saturated rings. The molecule has 0 saturated heterocycles. The van der Waals surface area contributed by atoms with Crippen LogP contribution in [0, 0.1) is 11.6 Å². The van der Waals surface area contributed by atoms with Gasteiger partial charge in [-0.05, 0) is 12.1 Å². The quantitative estimate of drug-likeness (QED) is 0.690. The summed E-state index contributed by atoms with van der Waals surface area (Å²) in [7, 11) is 0. The van der Waals surface area contributed by atoms with Gasteiger partial charge in [-0.3, -0.25) is 0 Å². The summed E-state index contributed by atoms with van der Waals surface area (Å²) in [6.07, 6.45) is 0. The van der Waals surface area contributed by atoms with Gasteiger partial charge in [-0.25, -0.2) is 8.78 Å². The minimum Gasteiger partial charge on any atom is -0.395 e. The van der Waals surface area contributed by atoms with Gasteiger partial charge in [0, 0.05) is 18.7 Å². The lowest BCUT2D eigenvalue weighted by molar-refractivity contribution is 0.291. The number of hydrogen-bond acceptors (Lipinski definition) is 2. The second-order valence-electron chi connectivity index (χ2n) is 2.60. The first-order valence-electron chi connectivity index (χ1n) is 4.00. The molecule has 4 heteroatoms. The van der Waals surface area contributed by atoms with Gasteiger partial charge in [0.15, 0.2) is 0 Å². The van der Waals surface area contributed by atoms with E-state index in [1.54, 1.807) is 0 Å². The zero-order chi connectivity index (χ0) is 9.68. The fourth-order valence-electron chi connectivity index (χ4n) is 0.994. The van der Waals surface area contributed by atoms with E-state index >= 15 is 0 Å². The molecule has 0 aromatic heterocycles. The summed E-state index contributed by atoms with van der Waals surface area (Å²) in [6, 6.07) is 3.73. The van der Waals surface area contributed by atoms with Crippen molar-refractivity contribution in [3.05, 3.63) is 35.4 Å². The predicted octanol–water partition coefficient (Wildman–Crippen LogP) is 1.05. The van der Waals surface area contributed by atoms with Crippen molar-refractivity contribution < 1.29 is 13.9 Å². The first-order chi connectivity index (χ1) is 6.25. The Hall–Kier alpha value is -1.00. The lowest BCUT2D eigenvalue weighted by Gasteiger charge is -2.05. The van der Waals surface area contributed by atoms with Gasteiger partial charge < -0.3 is 10.4 Å². The third-order valence-corrected chi connectivity index (χ3v) is 1.65. The summed E-state index contributed by atoms with van der Waals surface area (Å²) in [6.45, 7) is 0.378. The molecule has 0 saturated carbocycles. The monoisotopic (exact) mass is 187 g/mol. The van der Waals surface area contributed by atoms with Crippen LogP contribution < -0.4 is 5.32 Å². The molecule has 2 nitrogen and oxygen atoms in total. The molecule has 0 atom stereocenters. The molecule has 0 radical (unpaired) electrons. The van der Waals surface area contributed by atoms with E-state index in [0.29, 0.717) is 6.54 Å². The van der Waals surface area contributed by atoms with Crippen LogP contribution in [-0.4, -0.2) is 18.3 Å². The van der Waals surface area contributed by atoms with Crippen LogP contribution in [0.3, 0.4) is 0 Å². The Labute approximate surface area is 75.2 Å². The van der Waals surface area contributed by atoms with E-state index < -0.39 is 11.6 Å². The number of aliphatic hydroxyl groups is 1. The van der Waals surface area contributed by atoms with Gasteiger partial charge in [0.1, 0.15) is 11.6 Å². The lowest BCUT2D eigenvalue weighted by atomic mass is 10.2. The highest BCUT2D eigenvalue weighted by atomic mass is 19.1. The van der Waals surface area contributed by atoms with Crippen molar-refractivity contribution in [1.82, 2.24) is 5.32 Å². The maximum absolute atomic E-state index is 12.9. The molecular formula is C9H11F2NO. The van der Waals surface area contributed by atoms with Crippen molar-refractivity contribution in [2.45, 2.75) is 6.54 Å². The second-order valence-corrected chi connectivity index (χ2v) is 2.60. The van der Waals surface area contributed by atoms with Crippen molar-refractivity contribution in [1.29, 1.82) is 0 Å². The molecular weight excluding hydrogens is 176 g/mol. The Morgan fingerprint density at radius 2 is 1.85 bits per heavy atom. The minimum atomic E-state index is -0.564. The van der Waals surface area contributed by atoms with Gasteiger partial charge >= 0.3 is 0 Å². The summed E-state index contributed by atoms with van der Waals surface area (Å²) >= 11 is 0. The fraction of sp³-hybridized carbons (Fsp3) is 0.333. The number of aliphatic hydroxyl groups excluding tert-OH is 1. The van der Waals surface area contributed by atoms with Gasteiger partial charge in [-0.2, -0.15) is 0 Å². The molecule has 2 N–H and O–H groups in total. The van der Waals surface area contributed by atoms with Crippen LogP contribution in [0.25, 0.3) is 0 Å². The molecule has 1 aromatic carbocycles. The van der Waals surface area contributed by atoms with Crippen LogP contribution in [0.4, 0.5) is 8.78 Å². The van der Waals surface area contributed by atoms with E-state index in [1.165, 1.54) is 18.2 Å². The Morgan fingerprint density at radius 3 is 2.38 bits per heavy atom. The van der Waals surface area contributed by atoms with Crippen LogP contribution in [-0.2, 0) is 6.54 Å². The normalized spacial score (nSPS) is 10.4. The number of benzene rings is 1. The third kappa shape index (κ3) is 2.75. The zero-order valence-corrected chi connectivity index (χ0v) is 7.06. The summed E-state index contributed by atoms with van der Waals surface area (Å²) in [5, 5.41) is 11.1. The number of hydrogen-bond donors (Lipinski definition) is 2.